The first-order valence-corrected chi connectivity index (χ1v) is 10.8. The predicted molar refractivity (Wildman–Crippen MR) is 118 cm³/mol. The van der Waals surface area contributed by atoms with Gasteiger partial charge in [0.1, 0.15) is 17.5 Å². The number of rotatable bonds is 9. The molecule has 0 spiro atoms. The molecule has 2 aromatic rings. The van der Waals surface area contributed by atoms with Crippen LogP contribution >= 0.6 is 0 Å². The van der Waals surface area contributed by atoms with Crippen molar-refractivity contribution in [3.8, 4) is 5.75 Å². The molecule has 2 N–H and O–H groups in total. The van der Waals surface area contributed by atoms with Gasteiger partial charge in [-0.15, -0.1) is 0 Å². The minimum Gasteiger partial charge on any atom is -0.507 e. The minimum absolute atomic E-state index is 0.0535. The highest BCUT2D eigenvalue weighted by Crippen LogP contribution is 2.22. The molecule has 0 saturated carbocycles. The van der Waals surface area contributed by atoms with Crippen molar-refractivity contribution >= 4 is 11.7 Å². The number of aromatic hydroxyl groups is 1. The summed E-state index contributed by atoms with van der Waals surface area (Å²) in [6, 6.07) is 15.5. The van der Waals surface area contributed by atoms with Crippen LogP contribution in [-0.4, -0.2) is 60.1 Å². The van der Waals surface area contributed by atoms with Crippen molar-refractivity contribution in [2.45, 2.75) is 38.8 Å². The highest BCUT2D eigenvalue weighted by molar-refractivity contribution is 5.92. The number of aliphatic hydroxyl groups is 1. The van der Waals surface area contributed by atoms with Crippen LogP contribution in [0, 0.1) is 0 Å². The molecular formula is C24H32N2O4. The summed E-state index contributed by atoms with van der Waals surface area (Å²) in [5.41, 5.74) is 2.44. The molecule has 1 fully saturated rings. The standard InChI is InChI=1S/C24H32N2O4/c1-2-30-24(29)21-18-19(12-13-22(21)27)8-6-7-11-23(28)26-16-14-25(15-17-26)20-9-4-3-5-10-20/h3-5,9-10,12-13,18,23,27-28H,2,6-8,11,14-17H2,1H3. The third-order valence-electron chi connectivity index (χ3n) is 5.59. The largest absolute Gasteiger partial charge is 0.507 e. The number of hydrogen-bond acceptors (Lipinski definition) is 6. The second-order valence-corrected chi connectivity index (χ2v) is 7.66. The SMILES string of the molecule is CCOC(=O)c1cc(CCCCC(O)N2CCN(c3ccccc3)CC2)ccc1O. The van der Waals surface area contributed by atoms with Crippen molar-refractivity contribution in [3.63, 3.8) is 0 Å². The van der Waals surface area contributed by atoms with Crippen LogP contribution in [0.1, 0.15) is 42.1 Å². The van der Waals surface area contributed by atoms with Gasteiger partial charge in [-0.2, -0.15) is 0 Å². The zero-order valence-electron chi connectivity index (χ0n) is 17.7. The Bertz CT molecular complexity index is 804. The van der Waals surface area contributed by atoms with E-state index in [4.69, 9.17) is 4.74 Å². The van der Waals surface area contributed by atoms with E-state index in [1.165, 1.54) is 5.69 Å². The average Bonchev–Trinajstić information content (AvgIpc) is 2.78. The maximum atomic E-state index is 11.9. The van der Waals surface area contributed by atoms with Gasteiger partial charge in [0.2, 0.25) is 0 Å². The van der Waals surface area contributed by atoms with Gasteiger partial charge in [0.15, 0.2) is 0 Å². The van der Waals surface area contributed by atoms with E-state index >= 15 is 0 Å². The average molecular weight is 413 g/mol. The number of aryl methyl sites for hydroxylation is 1. The number of anilines is 1. The number of carbonyl (C=O) groups excluding carboxylic acids is 1. The van der Waals surface area contributed by atoms with Gasteiger partial charge in [-0.05, 0) is 62.4 Å². The number of esters is 1. The van der Waals surface area contributed by atoms with E-state index in [9.17, 15) is 15.0 Å². The molecule has 1 atom stereocenters. The highest BCUT2D eigenvalue weighted by Gasteiger charge is 2.22. The molecule has 6 heteroatoms. The molecule has 1 aliphatic rings. The van der Waals surface area contributed by atoms with Gasteiger partial charge in [0, 0.05) is 31.9 Å². The van der Waals surface area contributed by atoms with Crippen LogP contribution in [-0.2, 0) is 11.2 Å². The van der Waals surface area contributed by atoms with Crippen LogP contribution in [0.25, 0.3) is 0 Å². The molecule has 0 bridgehead atoms. The number of hydrogen-bond donors (Lipinski definition) is 2. The molecule has 0 aromatic heterocycles. The van der Waals surface area contributed by atoms with Crippen molar-refractivity contribution in [2.75, 3.05) is 37.7 Å². The number of nitrogens with zero attached hydrogens (tertiary/aromatic N) is 2. The lowest BCUT2D eigenvalue weighted by atomic mass is 10.0. The Kier molecular flexibility index (Phi) is 8.11. The molecule has 6 nitrogen and oxygen atoms in total. The summed E-state index contributed by atoms with van der Waals surface area (Å²) < 4.78 is 4.98. The summed E-state index contributed by atoms with van der Waals surface area (Å²) in [6.07, 6.45) is 2.91. The molecule has 0 radical (unpaired) electrons. The molecule has 1 unspecified atom stereocenters. The fourth-order valence-corrected chi connectivity index (χ4v) is 3.87. The lowest BCUT2D eigenvalue weighted by molar-refractivity contribution is -0.00702. The Hall–Kier alpha value is -2.57. The molecule has 1 heterocycles. The third-order valence-corrected chi connectivity index (χ3v) is 5.59. The summed E-state index contributed by atoms with van der Waals surface area (Å²) >= 11 is 0. The van der Waals surface area contributed by atoms with Gasteiger partial charge in [0.05, 0.1) is 6.61 Å². The number of aliphatic hydroxyl groups excluding tert-OH is 1. The van der Waals surface area contributed by atoms with Crippen LogP contribution in [0.3, 0.4) is 0 Å². The van der Waals surface area contributed by atoms with Crippen molar-refractivity contribution in [2.24, 2.45) is 0 Å². The first-order chi connectivity index (χ1) is 14.6. The van der Waals surface area contributed by atoms with Crippen molar-refractivity contribution < 1.29 is 19.7 Å². The van der Waals surface area contributed by atoms with Crippen molar-refractivity contribution in [1.29, 1.82) is 0 Å². The third kappa shape index (κ3) is 5.97. The van der Waals surface area contributed by atoms with Gasteiger partial charge >= 0.3 is 5.97 Å². The van der Waals surface area contributed by atoms with E-state index in [0.29, 0.717) is 0 Å². The van der Waals surface area contributed by atoms with Gasteiger partial charge in [-0.3, -0.25) is 4.90 Å². The quantitative estimate of drug-likeness (QED) is 0.486. The number of piperazine rings is 1. The van der Waals surface area contributed by atoms with Crippen LogP contribution in [0.4, 0.5) is 5.69 Å². The topological polar surface area (TPSA) is 73.2 Å². The summed E-state index contributed by atoms with van der Waals surface area (Å²) in [5, 5.41) is 20.4. The van der Waals surface area contributed by atoms with Crippen LogP contribution in [0.2, 0.25) is 0 Å². The normalized spacial score (nSPS) is 15.7. The molecule has 1 saturated heterocycles. The van der Waals surface area contributed by atoms with Crippen molar-refractivity contribution in [1.82, 2.24) is 4.90 Å². The van der Waals surface area contributed by atoms with Gasteiger partial charge in [-0.1, -0.05) is 24.3 Å². The van der Waals surface area contributed by atoms with Crippen LogP contribution < -0.4 is 4.90 Å². The Morgan fingerprint density at radius 2 is 1.80 bits per heavy atom. The molecule has 0 aliphatic carbocycles. The second-order valence-electron chi connectivity index (χ2n) is 7.66. The Morgan fingerprint density at radius 1 is 1.07 bits per heavy atom. The van der Waals surface area contributed by atoms with E-state index in [1.807, 2.05) is 12.1 Å². The van der Waals surface area contributed by atoms with E-state index in [-0.39, 0.29) is 17.9 Å². The minimum atomic E-state index is -0.498. The Labute approximate surface area is 178 Å². The zero-order chi connectivity index (χ0) is 21.3. The van der Waals surface area contributed by atoms with Crippen molar-refractivity contribution in [3.05, 3.63) is 59.7 Å². The monoisotopic (exact) mass is 412 g/mol. The van der Waals surface area contributed by atoms with E-state index in [1.54, 1.807) is 19.1 Å². The summed E-state index contributed by atoms with van der Waals surface area (Å²) in [6.45, 7) is 5.58. The van der Waals surface area contributed by atoms with Gasteiger partial charge in [-0.25, -0.2) is 4.79 Å². The van der Waals surface area contributed by atoms with Crippen LogP contribution in [0.15, 0.2) is 48.5 Å². The second kappa shape index (κ2) is 11.0. The Balaban J connectivity index is 1.40. The zero-order valence-corrected chi connectivity index (χ0v) is 17.7. The summed E-state index contributed by atoms with van der Waals surface area (Å²) in [5.74, 6) is -0.552. The molecule has 162 valence electrons. The first-order valence-electron chi connectivity index (χ1n) is 10.8. The molecular weight excluding hydrogens is 380 g/mol. The number of phenols is 1. The fourth-order valence-electron chi connectivity index (χ4n) is 3.87. The summed E-state index contributed by atoms with van der Waals surface area (Å²) in [7, 11) is 0. The molecule has 2 aromatic carbocycles. The molecule has 3 rings (SSSR count). The number of ether oxygens (including phenoxy) is 1. The molecule has 30 heavy (non-hydrogen) atoms. The first kappa shape index (κ1) is 22.1. The molecule has 0 amide bonds. The number of para-hydroxylation sites is 1. The number of benzene rings is 2. The fraction of sp³-hybridized carbons (Fsp3) is 0.458. The van der Waals surface area contributed by atoms with E-state index in [2.05, 4.69) is 34.1 Å². The molecule has 1 aliphatic heterocycles. The highest BCUT2D eigenvalue weighted by atomic mass is 16.5. The number of unbranched alkanes of at least 4 members (excludes halogenated alkanes) is 1. The lowest BCUT2D eigenvalue weighted by Gasteiger charge is -2.38. The number of carbonyl (C=O) groups is 1. The maximum Gasteiger partial charge on any atom is 0.341 e. The summed E-state index contributed by atoms with van der Waals surface area (Å²) in [4.78, 5) is 16.4. The predicted octanol–water partition coefficient (Wildman–Crippen LogP) is 3.42. The van der Waals surface area contributed by atoms with E-state index in [0.717, 1.165) is 57.4 Å². The van der Waals surface area contributed by atoms with Gasteiger partial charge in [0.25, 0.3) is 0 Å². The maximum absolute atomic E-state index is 11.9. The lowest BCUT2D eigenvalue weighted by Crippen LogP contribution is -2.50. The van der Waals surface area contributed by atoms with E-state index < -0.39 is 12.2 Å². The van der Waals surface area contributed by atoms with Gasteiger partial charge < -0.3 is 19.8 Å². The van der Waals surface area contributed by atoms with Crippen LogP contribution in [0.5, 0.6) is 5.75 Å². The smallest absolute Gasteiger partial charge is 0.341 e. The number of phenolic OH excluding ortho intramolecular Hbond substituents is 1. The Morgan fingerprint density at radius 3 is 2.50 bits per heavy atom.